The van der Waals surface area contributed by atoms with Crippen LogP contribution in [-0.2, 0) is 23.0 Å². The highest BCUT2D eigenvalue weighted by molar-refractivity contribution is 7.89. The van der Waals surface area contributed by atoms with Gasteiger partial charge in [-0.05, 0) is 50.1 Å². The number of carbonyl (C=O) groups is 1. The van der Waals surface area contributed by atoms with Crippen LogP contribution in [0.5, 0.6) is 11.5 Å². The summed E-state index contributed by atoms with van der Waals surface area (Å²) >= 11 is 0. The van der Waals surface area contributed by atoms with Crippen molar-refractivity contribution >= 4 is 21.6 Å². The fraction of sp³-hybridized carbons (Fsp3) is 0.269. The molecule has 0 saturated carbocycles. The minimum absolute atomic E-state index is 0.0590. The van der Waals surface area contributed by atoms with Crippen molar-refractivity contribution in [3.63, 3.8) is 0 Å². The van der Waals surface area contributed by atoms with Gasteiger partial charge in [0.1, 0.15) is 17.6 Å². The third-order valence-corrected chi connectivity index (χ3v) is 7.14. The van der Waals surface area contributed by atoms with Crippen molar-refractivity contribution in [2.24, 2.45) is 0 Å². The molecular weight excluding hydrogens is 452 g/mol. The lowest BCUT2D eigenvalue weighted by Crippen LogP contribution is -2.24. The van der Waals surface area contributed by atoms with E-state index in [4.69, 9.17) is 9.47 Å². The molecule has 0 spiro atoms. The van der Waals surface area contributed by atoms with Crippen LogP contribution in [0, 0.1) is 6.92 Å². The van der Waals surface area contributed by atoms with Gasteiger partial charge >= 0.3 is 0 Å². The first kappa shape index (κ1) is 23.8. The van der Waals surface area contributed by atoms with E-state index in [0.29, 0.717) is 29.4 Å². The Morgan fingerprint density at radius 2 is 1.88 bits per heavy atom. The molecule has 1 amide bonds. The van der Waals surface area contributed by atoms with Gasteiger partial charge in [-0.3, -0.25) is 4.79 Å². The van der Waals surface area contributed by atoms with Gasteiger partial charge in [0.25, 0.3) is 5.91 Å². The van der Waals surface area contributed by atoms with Crippen LogP contribution < -0.4 is 19.5 Å². The van der Waals surface area contributed by atoms with E-state index in [1.54, 1.807) is 25.1 Å². The van der Waals surface area contributed by atoms with Crippen molar-refractivity contribution in [2.45, 2.75) is 44.7 Å². The van der Waals surface area contributed by atoms with Crippen molar-refractivity contribution < 1.29 is 22.7 Å². The number of hydrogen-bond donors (Lipinski definition) is 2. The van der Waals surface area contributed by atoms with Crippen molar-refractivity contribution in [3.05, 3.63) is 82.9 Å². The Morgan fingerprint density at radius 3 is 2.62 bits per heavy atom. The first-order valence-corrected chi connectivity index (χ1v) is 12.7. The molecule has 0 bridgehead atoms. The number of sulfonamides is 1. The molecule has 0 aliphatic carbocycles. The van der Waals surface area contributed by atoms with Crippen LogP contribution in [0.2, 0.25) is 0 Å². The second kappa shape index (κ2) is 9.87. The molecule has 3 aromatic carbocycles. The number of carbonyl (C=O) groups excluding carboxylic acids is 1. The second-order valence-corrected chi connectivity index (χ2v) is 10.0. The smallest absolute Gasteiger partial charge is 0.255 e. The Kier molecular flexibility index (Phi) is 6.90. The lowest BCUT2D eigenvalue weighted by atomic mass is 10.1. The van der Waals surface area contributed by atoms with E-state index in [1.807, 2.05) is 50.2 Å². The molecule has 4 rings (SSSR count). The Morgan fingerprint density at radius 1 is 1.12 bits per heavy atom. The van der Waals surface area contributed by atoms with E-state index < -0.39 is 15.9 Å². The van der Waals surface area contributed by atoms with E-state index in [0.717, 1.165) is 17.5 Å². The first-order chi connectivity index (χ1) is 16.3. The maximum atomic E-state index is 13.1. The predicted octanol–water partition coefficient (Wildman–Crippen LogP) is 4.45. The number of nitrogens with one attached hydrogen (secondary N) is 2. The number of rotatable bonds is 8. The van der Waals surface area contributed by atoms with Crippen LogP contribution in [0.3, 0.4) is 0 Å². The fourth-order valence-corrected chi connectivity index (χ4v) is 5.18. The Hall–Kier alpha value is -3.36. The van der Waals surface area contributed by atoms with Gasteiger partial charge in [0.15, 0.2) is 0 Å². The third kappa shape index (κ3) is 5.24. The Labute approximate surface area is 200 Å². The van der Waals surface area contributed by atoms with Gasteiger partial charge in [-0.2, -0.15) is 0 Å². The molecule has 1 atom stereocenters. The number of benzene rings is 3. The average molecular weight is 481 g/mol. The molecule has 1 heterocycles. The van der Waals surface area contributed by atoms with Crippen molar-refractivity contribution in [3.8, 4) is 11.5 Å². The molecule has 3 aromatic rings. The lowest BCUT2D eigenvalue weighted by Gasteiger charge is -2.15. The molecule has 0 radical (unpaired) electrons. The summed E-state index contributed by atoms with van der Waals surface area (Å²) in [5.41, 5.74) is 3.12. The van der Waals surface area contributed by atoms with Crippen LogP contribution in [0.25, 0.3) is 0 Å². The summed E-state index contributed by atoms with van der Waals surface area (Å²) in [6.07, 6.45) is 0.836. The summed E-state index contributed by atoms with van der Waals surface area (Å²) in [5, 5.41) is 2.85. The van der Waals surface area contributed by atoms with Crippen molar-refractivity contribution in [1.82, 2.24) is 4.72 Å². The molecular formula is C26H28N2O5S. The van der Waals surface area contributed by atoms with Crippen LogP contribution in [-0.4, -0.2) is 27.0 Å². The summed E-state index contributed by atoms with van der Waals surface area (Å²) in [7, 11) is -3.82. The van der Waals surface area contributed by atoms with Gasteiger partial charge in [0.2, 0.25) is 10.0 Å². The molecule has 0 fully saturated rings. The summed E-state index contributed by atoms with van der Waals surface area (Å²) < 4.78 is 40.1. The van der Waals surface area contributed by atoms with Gasteiger partial charge in [-0.15, -0.1) is 0 Å². The zero-order chi connectivity index (χ0) is 24.3. The zero-order valence-electron chi connectivity index (χ0n) is 19.4. The van der Waals surface area contributed by atoms with Gasteiger partial charge in [0, 0.05) is 30.2 Å². The molecule has 8 heteroatoms. The highest BCUT2D eigenvalue weighted by Gasteiger charge is 2.24. The molecule has 1 unspecified atom stereocenters. The molecule has 178 valence electrons. The van der Waals surface area contributed by atoms with Gasteiger partial charge < -0.3 is 14.8 Å². The van der Waals surface area contributed by atoms with Crippen LogP contribution in [0.1, 0.15) is 40.9 Å². The maximum Gasteiger partial charge on any atom is 0.255 e. The predicted molar refractivity (Wildman–Crippen MR) is 131 cm³/mol. The molecule has 1 aliphatic rings. The fourth-order valence-electron chi connectivity index (χ4n) is 3.89. The zero-order valence-corrected chi connectivity index (χ0v) is 20.2. The molecule has 2 N–H and O–H groups in total. The van der Waals surface area contributed by atoms with Crippen LogP contribution in [0.4, 0.5) is 5.69 Å². The van der Waals surface area contributed by atoms with E-state index in [-0.39, 0.29) is 23.1 Å². The normalized spacial score (nSPS) is 14.9. The molecule has 0 saturated heterocycles. The molecule has 0 aromatic heterocycles. The van der Waals surface area contributed by atoms with Gasteiger partial charge in [-0.1, -0.05) is 36.4 Å². The van der Waals surface area contributed by atoms with E-state index >= 15 is 0 Å². The minimum Gasteiger partial charge on any atom is -0.492 e. The van der Waals surface area contributed by atoms with Gasteiger partial charge in [-0.25, -0.2) is 13.1 Å². The number of aryl methyl sites for hydroxylation is 1. The number of ether oxygens (including phenoxy) is 2. The SMILES string of the molecule is CCOc1cc2c(cc1NC(=O)c1ccc(C)c(S(=O)(=O)NCc3ccccc3)c1)OC(C)C2. The van der Waals surface area contributed by atoms with Crippen LogP contribution in [0.15, 0.2) is 65.6 Å². The standard InChI is InChI=1S/C26H28N2O5S/c1-4-32-24-13-21-12-18(3)33-23(21)15-22(24)28-26(29)20-11-10-17(2)25(14-20)34(30,31)27-16-19-8-6-5-7-9-19/h5-11,13-15,18,27H,4,12,16H2,1-3H3,(H,28,29). The summed E-state index contributed by atoms with van der Waals surface area (Å²) in [6.45, 7) is 6.16. The van der Waals surface area contributed by atoms with E-state index in [9.17, 15) is 13.2 Å². The molecule has 34 heavy (non-hydrogen) atoms. The quantitative estimate of drug-likeness (QED) is 0.497. The number of anilines is 1. The highest BCUT2D eigenvalue weighted by Crippen LogP contribution is 2.38. The largest absolute Gasteiger partial charge is 0.492 e. The number of hydrogen-bond acceptors (Lipinski definition) is 5. The topological polar surface area (TPSA) is 93.7 Å². The minimum atomic E-state index is -3.82. The second-order valence-electron chi connectivity index (χ2n) is 8.27. The lowest BCUT2D eigenvalue weighted by molar-refractivity contribution is 0.102. The average Bonchev–Trinajstić information content (AvgIpc) is 3.17. The Balaban J connectivity index is 1.57. The summed E-state index contributed by atoms with van der Waals surface area (Å²) in [6, 6.07) is 17.5. The van der Waals surface area contributed by atoms with Gasteiger partial charge in [0.05, 0.1) is 17.2 Å². The van der Waals surface area contributed by atoms with Crippen LogP contribution >= 0.6 is 0 Å². The number of fused-ring (bicyclic) bond motifs is 1. The summed E-state index contributed by atoms with van der Waals surface area (Å²) in [4.78, 5) is 13.1. The van der Waals surface area contributed by atoms with Crippen molar-refractivity contribution in [1.29, 1.82) is 0 Å². The number of amides is 1. The van der Waals surface area contributed by atoms with Crippen molar-refractivity contribution in [2.75, 3.05) is 11.9 Å². The van der Waals surface area contributed by atoms with E-state index in [2.05, 4.69) is 10.0 Å². The highest BCUT2D eigenvalue weighted by atomic mass is 32.2. The molecule has 1 aliphatic heterocycles. The Bertz CT molecular complexity index is 1310. The summed E-state index contributed by atoms with van der Waals surface area (Å²) in [5.74, 6) is 0.826. The molecule has 7 nitrogen and oxygen atoms in total. The first-order valence-electron chi connectivity index (χ1n) is 11.2. The maximum absolute atomic E-state index is 13.1. The monoisotopic (exact) mass is 480 g/mol. The third-order valence-electron chi connectivity index (χ3n) is 5.60. The van der Waals surface area contributed by atoms with E-state index in [1.165, 1.54) is 6.07 Å².